The van der Waals surface area contributed by atoms with Gasteiger partial charge in [-0.3, -0.25) is 19.9 Å². The number of hydrogen-bond acceptors (Lipinski definition) is 5. The first-order valence-corrected chi connectivity index (χ1v) is 5.05. The molecule has 0 spiro atoms. The number of nitro groups is 1. The molecule has 1 aromatic heterocycles. The zero-order valence-electron chi connectivity index (χ0n) is 9.71. The Morgan fingerprint density at radius 1 is 1.59 bits per heavy atom. The van der Waals surface area contributed by atoms with Crippen LogP contribution >= 0.6 is 0 Å². The number of carbonyl (C=O) groups excluding carboxylic acids is 1. The third kappa shape index (κ3) is 3.71. The number of rotatable bonds is 5. The van der Waals surface area contributed by atoms with Crippen molar-refractivity contribution in [2.75, 3.05) is 26.0 Å². The van der Waals surface area contributed by atoms with Gasteiger partial charge in [-0.15, -0.1) is 0 Å². The first-order valence-electron chi connectivity index (χ1n) is 5.05. The van der Waals surface area contributed by atoms with E-state index in [9.17, 15) is 14.9 Å². The molecule has 1 aromatic rings. The van der Waals surface area contributed by atoms with Gasteiger partial charge < -0.3 is 10.2 Å². The summed E-state index contributed by atoms with van der Waals surface area (Å²) in [6, 6.07) is 1.51. The number of pyridine rings is 1. The lowest BCUT2D eigenvalue weighted by Gasteiger charge is -2.10. The van der Waals surface area contributed by atoms with E-state index in [-0.39, 0.29) is 18.0 Å². The fraction of sp³-hybridized carbons (Fsp3) is 0.400. The molecule has 92 valence electrons. The van der Waals surface area contributed by atoms with E-state index >= 15 is 0 Å². The third-order valence-corrected chi connectivity index (χ3v) is 2.15. The van der Waals surface area contributed by atoms with Crippen molar-refractivity contribution in [2.24, 2.45) is 0 Å². The molecule has 1 amide bonds. The van der Waals surface area contributed by atoms with E-state index in [1.54, 1.807) is 14.1 Å². The highest BCUT2D eigenvalue weighted by Crippen LogP contribution is 2.21. The van der Waals surface area contributed by atoms with Crippen LogP contribution in [0.1, 0.15) is 6.42 Å². The molecule has 0 bridgehead atoms. The molecule has 7 nitrogen and oxygen atoms in total. The highest BCUT2D eigenvalue weighted by atomic mass is 16.6. The van der Waals surface area contributed by atoms with Crippen LogP contribution in [0.2, 0.25) is 0 Å². The third-order valence-electron chi connectivity index (χ3n) is 2.15. The van der Waals surface area contributed by atoms with E-state index in [0.717, 1.165) is 0 Å². The van der Waals surface area contributed by atoms with Crippen LogP contribution in [0.3, 0.4) is 0 Å². The Morgan fingerprint density at radius 2 is 2.29 bits per heavy atom. The lowest BCUT2D eigenvalue weighted by Crippen LogP contribution is -2.24. The normalized spacial score (nSPS) is 9.76. The standard InChI is InChI=1S/C10H14N4O3/c1-13(2)10(15)4-6-12-8-3-5-11-7-9(8)14(16)17/h3,5,7H,4,6H2,1-2H3,(H,11,12). The highest BCUT2D eigenvalue weighted by Gasteiger charge is 2.13. The quantitative estimate of drug-likeness (QED) is 0.607. The molecular formula is C10H14N4O3. The zero-order valence-corrected chi connectivity index (χ0v) is 9.71. The molecule has 0 saturated carbocycles. The van der Waals surface area contributed by atoms with Gasteiger partial charge in [0.05, 0.1) is 4.92 Å². The fourth-order valence-electron chi connectivity index (χ4n) is 1.21. The van der Waals surface area contributed by atoms with Crippen LogP contribution in [-0.2, 0) is 4.79 Å². The maximum Gasteiger partial charge on any atom is 0.310 e. The Labute approximate surface area is 98.6 Å². The molecule has 17 heavy (non-hydrogen) atoms. The lowest BCUT2D eigenvalue weighted by molar-refractivity contribution is -0.384. The van der Waals surface area contributed by atoms with Crippen LogP contribution in [0.4, 0.5) is 11.4 Å². The van der Waals surface area contributed by atoms with Crippen LogP contribution in [0.5, 0.6) is 0 Å². The second-order valence-electron chi connectivity index (χ2n) is 3.61. The van der Waals surface area contributed by atoms with Gasteiger partial charge in [0.2, 0.25) is 5.91 Å². The van der Waals surface area contributed by atoms with Gasteiger partial charge in [0.15, 0.2) is 0 Å². The molecule has 0 aliphatic carbocycles. The van der Waals surface area contributed by atoms with Crippen molar-refractivity contribution < 1.29 is 9.72 Å². The summed E-state index contributed by atoms with van der Waals surface area (Å²) in [5.41, 5.74) is 0.279. The Kier molecular flexibility index (Phi) is 4.38. The van der Waals surface area contributed by atoms with Crippen molar-refractivity contribution in [3.8, 4) is 0 Å². The number of hydrogen-bond donors (Lipinski definition) is 1. The summed E-state index contributed by atoms with van der Waals surface area (Å²) in [7, 11) is 3.33. The van der Waals surface area contributed by atoms with Crippen molar-refractivity contribution in [1.29, 1.82) is 0 Å². The smallest absolute Gasteiger partial charge is 0.310 e. The van der Waals surface area contributed by atoms with Crippen LogP contribution in [0.15, 0.2) is 18.5 Å². The topological polar surface area (TPSA) is 88.4 Å². The molecule has 0 saturated heterocycles. The molecule has 1 heterocycles. The number of amides is 1. The van der Waals surface area contributed by atoms with Crippen molar-refractivity contribution in [1.82, 2.24) is 9.88 Å². The van der Waals surface area contributed by atoms with Crippen molar-refractivity contribution in [2.45, 2.75) is 6.42 Å². The molecule has 0 atom stereocenters. The molecule has 0 aliphatic heterocycles. The lowest BCUT2D eigenvalue weighted by atomic mass is 10.3. The molecule has 0 aromatic carbocycles. The van der Waals surface area contributed by atoms with E-state index in [1.165, 1.54) is 23.4 Å². The first kappa shape index (κ1) is 12.9. The first-order chi connectivity index (χ1) is 8.02. The van der Waals surface area contributed by atoms with E-state index in [2.05, 4.69) is 10.3 Å². The highest BCUT2D eigenvalue weighted by molar-refractivity contribution is 5.76. The SMILES string of the molecule is CN(C)C(=O)CCNc1ccncc1[N+](=O)[O-]. The summed E-state index contributed by atoms with van der Waals surface area (Å²) in [5.74, 6) is -0.0331. The predicted octanol–water partition coefficient (Wildman–Crippen LogP) is 0.880. The second-order valence-corrected chi connectivity index (χ2v) is 3.61. The Bertz CT molecular complexity index is 420. The minimum atomic E-state index is -0.511. The van der Waals surface area contributed by atoms with Gasteiger partial charge in [0, 0.05) is 33.3 Å². The fourth-order valence-corrected chi connectivity index (χ4v) is 1.21. The van der Waals surface area contributed by atoms with Gasteiger partial charge in [-0.1, -0.05) is 0 Å². The largest absolute Gasteiger partial charge is 0.379 e. The van der Waals surface area contributed by atoms with Gasteiger partial charge in [0.25, 0.3) is 0 Å². The maximum absolute atomic E-state index is 11.3. The summed E-state index contributed by atoms with van der Waals surface area (Å²) in [4.78, 5) is 26.6. The zero-order chi connectivity index (χ0) is 12.8. The van der Waals surface area contributed by atoms with Crippen LogP contribution < -0.4 is 5.32 Å². The van der Waals surface area contributed by atoms with Gasteiger partial charge in [-0.25, -0.2) is 0 Å². The Balaban J connectivity index is 2.58. The van der Waals surface area contributed by atoms with Crippen LogP contribution in [-0.4, -0.2) is 41.4 Å². The number of aromatic nitrogens is 1. The summed E-state index contributed by atoms with van der Waals surface area (Å²) in [5, 5.41) is 13.5. The molecule has 1 N–H and O–H groups in total. The minimum absolute atomic E-state index is 0.0331. The Hall–Kier alpha value is -2.18. The van der Waals surface area contributed by atoms with E-state index < -0.39 is 4.92 Å². The molecule has 0 radical (unpaired) electrons. The van der Waals surface area contributed by atoms with Gasteiger partial charge in [-0.05, 0) is 6.07 Å². The van der Waals surface area contributed by atoms with E-state index in [4.69, 9.17) is 0 Å². The van der Waals surface area contributed by atoms with Gasteiger partial charge >= 0.3 is 5.69 Å². The number of carbonyl (C=O) groups is 1. The second kappa shape index (κ2) is 5.78. The molecule has 1 rings (SSSR count). The number of nitrogens with one attached hydrogen (secondary N) is 1. The van der Waals surface area contributed by atoms with E-state index in [1.807, 2.05) is 0 Å². The summed E-state index contributed by atoms with van der Waals surface area (Å²) in [6.07, 6.45) is 2.92. The van der Waals surface area contributed by atoms with Crippen LogP contribution in [0.25, 0.3) is 0 Å². The predicted molar refractivity (Wildman–Crippen MR) is 62.7 cm³/mol. The molecule has 0 unspecified atom stereocenters. The summed E-state index contributed by atoms with van der Waals surface area (Å²) in [6.45, 7) is 0.349. The molecular weight excluding hydrogens is 224 g/mol. The Morgan fingerprint density at radius 3 is 2.88 bits per heavy atom. The number of anilines is 1. The minimum Gasteiger partial charge on any atom is -0.379 e. The number of nitrogens with zero attached hydrogens (tertiary/aromatic N) is 3. The van der Waals surface area contributed by atoms with Crippen molar-refractivity contribution >= 4 is 17.3 Å². The molecule has 0 fully saturated rings. The molecule has 0 aliphatic rings. The average Bonchev–Trinajstić information content (AvgIpc) is 2.29. The molecule has 7 heteroatoms. The monoisotopic (exact) mass is 238 g/mol. The van der Waals surface area contributed by atoms with Gasteiger partial charge in [0.1, 0.15) is 11.9 Å². The summed E-state index contributed by atoms with van der Waals surface area (Å²) < 4.78 is 0. The van der Waals surface area contributed by atoms with Crippen molar-refractivity contribution in [3.05, 3.63) is 28.6 Å². The van der Waals surface area contributed by atoms with E-state index in [0.29, 0.717) is 12.2 Å². The average molecular weight is 238 g/mol. The summed E-state index contributed by atoms with van der Waals surface area (Å²) >= 11 is 0. The maximum atomic E-state index is 11.3. The van der Waals surface area contributed by atoms with Crippen LogP contribution in [0, 0.1) is 10.1 Å². The van der Waals surface area contributed by atoms with Gasteiger partial charge in [-0.2, -0.15) is 0 Å². The van der Waals surface area contributed by atoms with Crippen molar-refractivity contribution in [3.63, 3.8) is 0 Å².